The Kier molecular flexibility index (Phi) is 8.78. The Morgan fingerprint density at radius 1 is 1.12 bits per heavy atom. The topological polar surface area (TPSA) is 101 Å². The number of nitrogens with zero attached hydrogens (tertiary/aromatic N) is 3. The van der Waals surface area contributed by atoms with Gasteiger partial charge in [0.25, 0.3) is 5.91 Å². The molecule has 184 valence electrons. The van der Waals surface area contributed by atoms with Gasteiger partial charge in [-0.05, 0) is 18.4 Å². The molecule has 1 aromatic heterocycles. The summed E-state index contributed by atoms with van der Waals surface area (Å²) in [7, 11) is 2.03. The van der Waals surface area contributed by atoms with E-state index in [9.17, 15) is 14.7 Å². The van der Waals surface area contributed by atoms with Crippen molar-refractivity contribution in [2.75, 3.05) is 32.0 Å². The summed E-state index contributed by atoms with van der Waals surface area (Å²) in [6.45, 7) is 1.73. The molecule has 8 nitrogen and oxygen atoms in total. The summed E-state index contributed by atoms with van der Waals surface area (Å²) in [4.78, 5) is 33.8. The van der Waals surface area contributed by atoms with Gasteiger partial charge in [-0.3, -0.25) is 9.78 Å². The second-order valence-corrected chi connectivity index (χ2v) is 9.58. The van der Waals surface area contributed by atoms with E-state index >= 15 is 0 Å². The van der Waals surface area contributed by atoms with Crippen LogP contribution in [0.15, 0.2) is 48.9 Å². The van der Waals surface area contributed by atoms with E-state index in [-0.39, 0.29) is 34.9 Å². The Morgan fingerprint density at radius 3 is 2.41 bits per heavy atom. The number of carbonyl (C=O) groups excluding carboxylic acids is 2. The Morgan fingerprint density at radius 2 is 1.79 bits per heavy atom. The molecule has 1 amide bonds. The average molecular weight is 533 g/mol. The van der Waals surface area contributed by atoms with Crippen LogP contribution in [0.1, 0.15) is 44.1 Å². The van der Waals surface area contributed by atoms with E-state index in [4.69, 9.17) is 4.74 Å². The molecule has 2 N–H and O–H groups in total. The van der Waals surface area contributed by atoms with Gasteiger partial charge in [0.15, 0.2) is 18.0 Å². The van der Waals surface area contributed by atoms with E-state index in [1.165, 1.54) is 12.4 Å². The van der Waals surface area contributed by atoms with Gasteiger partial charge in [-0.25, -0.2) is 9.78 Å². The van der Waals surface area contributed by atoms with Crippen LogP contribution in [-0.2, 0) is 19.9 Å². The molecule has 2 fully saturated rings. The number of benzene rings is 1. The highest BCUT2D eigenvalue weighted by Gasteiger charge is 2.49. The summed E-state index contributed by atoms with van der Waals surface area (Å²) in [5.41, 5.74) is -0.997. The van der Waals surface area contributed by atoms with Crippen molar-refractivity contribution in [3.63, 3.8) is 0 Å². The lowest BCUT2D eigenvalue weighted by Crippen LogP contribution is -3.00. The predicted molar refractivity (Wildman–Crippen MR) is 123 cm³/mol. The summed E-state index contributed by atoms with van der Waals surface area (Å²) in [5, 5.41) is 14.4. The minimum absolute atomic E-state index is 0. The largest absolute Gasteiger partial charge is 1.00 e. The third kappa shape index (κ3) is 6.00. The van der Waals surface area contributed by atoms with E-state index in [2.05, 4.69) is 15.3 Å². The Hall–Kier alpha value is -2.36. The number of hydrogen-bond donors (Lipinski definition) is 2. The van der Waals surface area contributed by atoms with E-state index in [0.29, 0.717) is 48.3 Å². The number of quaternary nitrogens is 1. The molecule has 0 radical (unpaired) electrons. The highest BCUT2D eigenvalue weighted by atomic mass is 79.9. The van der Waals surface area contributed by atoms with Gasteiger partial charge in [0.2, 0.25) is 0 Å². The molecule has 0 spiro atoms. The van der Waals surface area contributed by atoms with Gasteiger partial charge in [0, 0.05) is 31.2 Å². The first-order chi connectivity index (χ1) is 15.9. The maximum atomic E-state index is 13.3. The van der Waals surface area contributed by atoms with Crippen molar-refractivity contribution >= 4 is 17.7 Å². The zero-order chi connectivity index (χ0) is 23.3. The van der Waals surface area contributed by atoms with Gasteiger partial charge >= 0.3 is 5.97 Å². The van der Waals surface area contributed by atoms with Gasteiger partial charge in [0.05, 0.1) is 26.3 Å². The fraction of sp³-hybridized carbons (Fsp3) is 0.520. The molecule has 1 atom stereocenters. The molecular formula is C25H33BrN4O4. The molecule has 1 aliphatic carbocycles. The molecule has 1 aliphatic heterocycles. The molecule has 2 heterocycles. The number of nitrogens with one attached hydrogen (secondary N) is 1. The lowest BCUT2D eigenvalue weighted by molar-refractivity contribution is -0.907. The third-order valence-electron chi connectivity index (χ3n) is 7.08. The summed E-state index contributed by atoms with van der Waals surface area (Å²) in [5.74, 6) is -0.345. The van der Waals surface area contributed by atoms with Crippen LogP contribution in [-0.4, -0.2) is 64.2 Å². The summed E-state index contributed by atoms with van der Waals surface area (Å²) >= 11 is 0. The van der Waals surface area contributed by atoms with Crippen molar-refractivity contribution in [3.05, 3.63) is 54.5 Å². The van der Waals surface area contributed by atoms with Gasteiger partial charge in [0.1, 0.15) is 6.10 Å². The number of likely N-dealkylation sites (N-methyl/N-ethyl adjacent to an activating group) is 1. The van der Waals surface area contributed by atoms with Crippen LogP contribution in [0.4, 0.5) is 5.82 Å². The maximum absolute atomic E-state index is 13.3. The van der Waals surface area contributed by atoms with Crippen molar-refractivity contribution in [2.24, 2.45) is 5.92 Å². The first-order valence-electron chi connectivity index (χ1n) is 11.8. The molecule has 9 heteroatoms. The number of halogens is 1. The molecule has 2 aromatic rings. The quantitative estimate of drug-likeness (QED) is 0.373. The van der Waals surface area contributed by atoms with Crippen molar-refractivity contribution in [1.82, 2.24) is 9.97 Å². The molecule has 2 aliphatic rings. The Labute approximate surface area is 211 Å². The molecule has 1 unspecified atom stereocenters. The second-order valence-electron chi connectivity index (χ2n) is 9.58. The minimum atomic E-state index is -1.61. The molecular weight excluding hydrogens is 500 g/mol. The number of amides is 1. The number of piperidine rings is 1. The number of likely N-dealkylation sites (tertiary alicyclic amines) is 1. The summed E-state index contributed by atoms with van der Waals surface area (Å²) in [6.07, 6.45) is 9.32. The van der Waals surface area contributed by atoms with Crippen LogP contribution < -0.4 is 22.3 Å². The lowest BCUT2D eigenvalue weighted by atomic mass is 9.80. The minimum Gasteiger partial charge on any atom is -1.00 e. The van der Waals surface area contributed by atoms with Crippen LogP contribution >= 0.6 is 0 Å². The van der Waals surface area contributed by atoms with E-state index in [0.717, 1.165) is 25.7 Å². The number of hydrogen-bond acceptors (Lipinski definition) is 6. The fourth-order valence-electron chi connectivity index (χ4n) is 5.13. The van der Waals surface area contributed by atoms with E-state index in [1.807, 2.05) is 37.4 Å². The lowest BCUT2D eigenvalue weighted by Gasteiger charge is -2.40. The highest BCUT2D eigenvalue weighted by Crippen LogP contribution is 2.42. The third-order valence-corrected chi connectivity index (χ3v) is 7.08. The predicted octanol–water partition coefficient (Wildman–Crippen LogP) is -0.351. The zero-order valence-electron chi connectivity index (χ0n) is 19.5. The number of aliphatic hydroxyl groups is 1. The van der Waals surface area contributed by atoms with Gasteiger partial charge in [-0.1, -0.05) is 43.2 Å². The van der Waals surface area contributed by atoms with Crippen LogP contribution in [0.25, 0.3) is 0 Å². The van der Waals surface area contributed by atoms with Crippen LogP contribution in [0, 0.1) is 5.92 Å². The van der Waals surface area contributed by atoms with E-state index < -0.39 is 11.6 Å². The molecule has 34 heavy (non-hydrogen) atoms. The monoisotopic (exact) mass is 532 g/mol. The van der Waals surface area contributed by atoms with Gasteiger partial charge in [-0.15, -0.1) is 0 Å². The fourth-order valence-corrected chi connectivity index (χ4v) is 5.13. The van der Waals surface area contributed by atoms with Crippen molar-refractivity contribution in [2.45, 2.75) is 50.2 Å². The number of rotatable bonds is 7. The number of esters is 1. The number of aromatic nitrogens is 2. The van der Waals surface area contributed by atoms with Crippen molar-refractivity contribution in [1.29, 1.82) is 0 Å². The molecule has 1 saturated carbocycles. The molecule has 4 rings (SSSR count). The smallest absolute Gasteiger partial charge is 0.343 e. The van der Waals surface area contributed by atoms with Crippen LogP contribution in [0.2, 0.25) is 0 Å². The molecule has 1 aromatic carbocycles. The summed E-state index contributed by atoms with van der Waals surface area (Å²) in [6, 6.07) is 9.19. The summed E-state index contributed by atoms with van der Waals surface area (Å²) < 4.78 is 6.46. The molecule has 0 bridgehead atoms. The van der Waals surface area contributed by atoms with Crippen molar-refractivity contribution < 1.29 is 40.9 Å². The average Bonchev–Trinajstić information content (AvgIpc) is 3.37. The second kappa shape index (κ2) is 11.4. The number of carbonyl (C=O) groups is 2. The zero-order valence-corrected chi connectivity index (χ0v) is 21.1. The van der Waals surface area contributed by atoms with Crippen LogP contribution in [0.5, 0.6) is 0 Å². The maximum Gasteiger partial charge on any atom is 0.343 e. The van der Waals surface area contributed by atoms with E-state index in [1.54, 1.807) is 6.20 Å². The Bertz CT molecular complexity index is 948. The SMILES string of the molecule is C[N+]1(CC(=O)Nc2cnccn2)CCC(OC(=O)C(O)(c2ccccc2)C2CCCC2)CC1.[Br-]. The first kappa shape index (κ1) is 26.2. The van der Waals surface area contributed by atoms with Gasteiger partial charge < -0.3 is 36.6 Å². The standard InChI is InChI=1S/C25H32N4O4.BrH/c1-29(18-23(30)28-22-17-26-13-14-27-22)15-11-21(12-16-29)33-24(31)25(32,20-9-5-6-10-20)19-7-3-2-4-8-19;/h2-4,7-8,13-14,17,20-21,32H,5-6,9-12,15-16,18H2,1H3;1H. The van der Waals surface area contributed by atoms with Gasteiger partial charge in [-0.2, -0.15) is 0 Å². The Balaban J connectivity index is 0.00000324. The van der Waals surface area contributed by atoms with Crippen LogP contribution in [0.3, 0.4) is 0 Å². The van der Waals surface area contributed by atoms with Crippen molar-refractivity contribution in [3.8, 4) is 0 Å². The number of ether oxygens (including phenoxy) is 1. The number of anilines is 1. The molecule has 1 saturated heterocycles. The highest BCUT2D eigenvalue weighted by molar-refractivity contribution is 5.90. The first-order valence-corrected chi connectivity index (χ1v) is 11.8. The normalized spacial score (nSPS) is 24.5.